The Labute approximate surface area is 91.6 Å². The second-order valence-corrected chi connectivity index (χ2v) is 3.95. The van der Waals surface area contributed by atoms with Gasteiger partial charge in [-0.2, -0.15) is 0 Å². The van der Waals surface area contributed by atoms with Crippen LogP contribution in [0.25, 0.3) is 0 Å². The molecule has 0 spiro atoms. The van der Waals surface area contributed by atoms with Crippen LogP contribution in [0.3, 0.4) is 0 Å². The Morgan fingerprint density at radius 2 is 1.73 bits per heavy atom. The van der Waals surface area contributed by atoms with E-state index in [1.54, 1.807) is 6.92 Å². The molecular formula is C10H22N4O. The number of nitrogens with zero attached hydrogens (tertiary/aromatic N) is 2. The third-order valence-electron chi connectivity index (χ3n) is 2.71. The van der Waals surface area contributed by atoms with Crippen molar-refractivity contribution in [3.63, 3.8) is 0 Å². The summed E-state index contributed by atoms with van der Waals surface area (Å²) in [7, 11) is 0. The monoisotopic (exact) mass is 214 g/mol. The van der Waals surface area contributed by atoms with E-state index in [-0.39, 0.29) is 5.91 Å². The number of amides is 1. The molecule has 0 unspecified atom stereocenters. The fraction of sp³-hybridized carbons (Fsp3) is 0.900. The van der Waals surface area contributed by atoms with E-state index >= 15 is 0 Å². The second kappa shape index (κ2) is 6.76. The summed E-state index contributed by atoms with van der Waals surface area (Å²) in [6.45, 7) is 9.36. The molecule has 0 aromatic heterocycles. The van der Waals surface area contributed by atoms with Crippen LogP contribution in [0, 0.1) is 0 Å². The lowest BCUT2D eigenvalue weighted by atomic mass is 10.3. The molecule has 15 heavy (non-hydrogen) atoms. The predicted octanol–water partition coefficient (Wildman–Crippen LogP) is -1.30. The van der Waals surface area contributed by atoms with Gasteiger partial charge in [-0.3, -0.25) is 14.6 Å². The molecule has 1 aliphatic heterocycles. The van der Waals surface area contributed by atoms with Gasteiger partial charge in [-0.05, 0) is 0 Å². The molecule has 1 heterocycles. The van der Waals surface area contributed by atoms with Crippen molar-refractivity contribution in [1.82, 2.24) is 15.1 Å². The molecule has 0 aromatic rings. The van der Waals surface area contributed by atoms with Gasteiger partial charge in [-0.1, -0.05) is 0 Å². The Morgan fingerprint density at radius 1 is 1.20 bits per heavy atom. The molecule has 0 aliphatic carbocycles. The number of hydrogen-bond acceptors (Lipinski definition) is 4. The quantitative estimate of drug-likeness (QED) is 0.597. The largest absolute Gasteiger partial charge is 0.355 e. The summed E-state index contributed by atoms with van der Waals surface area (Å²) in [5.74, 6) is 0.0526. The van der Waals surface area contributed by atoms with Gasteiger partial charge in [0.25, 0.3) is 0 Å². The van der Waals surface area contributed by atoms with Crippen LogP contribution in [-0.4, -0.2) is 68.1 Å². The van der Waals surface area contributed by atoms with Crippen molar-refractivity contribution in [3.05, 3.63) is 0 Å². The van der Waals surface area contributed by atoms with E-state index in [4.69, 9.17) is 5.73 Å². The lowest BCUT2D eigenvalue weighted by molar-refractivity contribution is -0.119. The highest BCUT2D eigenvalue weighted by Crippen LogP contribution is 1.99. The summed E-state index contributed by atoms with van der Waals surface area (Å²) < 4.78 is 0. The van der Waals surface area contributed by atoms with Crippen molar-refractivity contribution in [2.24, 2.45) is 5.73 Å². The molecule has 0 aromatic carbocycles. The van der Waals surface area contributed by atoms with Crippen molar-refractivity contribution < 1.29 is 4.79 Å². The predicted molar refractivity (Wildman–Crippen MR) is 60.6 cm³/mol. The number of carbonyl (C=O) groups is 1. The minimum Gasteiger partial charge on any atom is -0.355 e. The van der Waals surface area contributed by atoms with Crippen LogP contribution >= 0.6 is 0 Å². The Kier molecular flexibility index (Phi) is 5.60. The third kappa shape index (κ3) is 5.11. The fourth-order valence-corrected chi connectivity index (χ4v) is 1.81. The molecule has 0 radical (unpaired) electrons. The zero-order valence-corrected chi connectivity index (χ0v) is 9.54. The van der Waals surface area contributed by atoms with Crippen LogP contribution in [0.5, 0.6) is 0 Å². The Morgan fingerprint density at radius 3 is 2.20 bits per heavy atom. The van der Waals surface area contributed by atoms with Gasteiger partial charge >= 0.3 is 0 Å². The van der Waals surface area contributed by atoms with Gasteiger partial charge in [0.2, 0.25) is 5.91 Å². The molecule has 5 nitrogen and oxygen atoms in total. The first-order valence-corrected chi connectivity index (χ1v) is 5.61. The van der Waals surface area contributed by atoms with Gasteiger partial charge < -0.3 is 11.1 Å². The smallest absolute Gasteiger partial charge is 0.216 e. The Bertz CT molecular complexity index is 190. The SMILES string of the molecule is CC(=O)NCCN1CCN(CCN)CC1. The summed E-state index contributed by atoms with van der Waals surface area (Å²) in [5, 5.41) is 2.81. The van der Waals surface area contributed by atoms with Gasteiger partial charge in [-0.25, -0.2) is 0 Å². The summed E-state index contributed by atoms with van der Waals surface area (Å²) >= 11 is 0. The molecule has 0 atom stereocenters. The van der Waals surface area contributed by atoms with Crippen LogP contribution in [-0.2, 0) is 4.79 Å². The summed E-state index contributed by atoms with van der Waals surface area (Å²) in [6, 6.07) is 0. The van der Waals surface area contributed by atoms with E-state index < -0.39 is 0 Å². The van der Waals surface area contributed by atoms with Crippen LogP contribution in [0.15, 0.2) is 0 Å². The number of nitrogens with one attached hydrogen (secondary N) is 1. The van der Waals surface area contributed by atoms with E-state index in [2.05, 4.69) is 15.1 Å². The molecule has 1 aliphatic rings. The fourth-order valence-electron chi connectivity index (χ4n) is 1.81. The molecular weight excluding hydrogens is 192 g/mol. The maximum atomic E-state index is 10.7. The van der Waals surface area contributed by atoms with E-state index in [1.807, 2.05) is 0 Å². The van der Waals surface area contributed by atoms with Crippen LogP contribution in [0.2, 0.25) is 0 Å². The van der Waals surface area contributed by atoms with Gasteiger partial charge in [0, 0.05) is 59.3 Å². The van der Waals surface area contributed by atoms with Crippen molar-refractivity contribution in [1.29, 1.82) is 0 Å². The van der Waals surface area contributed by atoms with E-state index in [1.165, 1.54) is 0 Å². The van der Waals surface area contributed by atoms with Gasteiger partial charge in [-0.15, -0.1) is 0 Å². The molecule has 3 N–H and O–H groups in total. The van der Waals surface area contributed by atoms with E-state index in [0.29, 0.717) is 0 Å². The van der Waals surface area contributed by atoms with Gasteiger partial charge in [0.15, 0.2) is 0 Å². The zero-order valence-electron chi connectivity index (χ0n) is 9.54. The summed E-state index contributed by atoms with van der Waals surface area (Å²) in [5.41, 5.74) is 5.50. The molecule has 1 amide bonds. The third-order valence-corrected chi connectivity index (χ3v) is 2.71. The average Bonchev–Trinajstić information content (AvgIpc) is 2.20. The number of nitrogens with two attached hydrogens (primary N) is 1. The van der Waals surface area contributed by atoms with Crippen molar-refractivity contribution in [3.8, 4) is 0 Å². The lowest BCUT2D eigenvalue weighted by Crippen LogP contribution is -2.49. The van der Waals surface area contributed by atoms with E-state index in [0.717, 1.165) is 52.4 Å². The maximum Gasteiger partial charge on any atom is 0.216 e. The van der Waals surface area contributed by atoms with Crippen molar-refractivity contribution >= 4 is 5.91 Å². The lowest BCUT2D eigenvalue weighted by Gasteiger charge is -2.34. The molecule has 1 rings (SSSR count). The van der Waals surface area contributed by atoms with Gasteiger partial charge in [0.1, 0.15) is 0 Å². The highest BCUT2D eigenvalue weighted by Gasteiger charge is 2.15. The summed E-state index contributed by atoms with van der Waals surface area (Å²) in [4.78, 5) is 15.4. The van der Waals surface area contributed by atoms with Crippen LogP contribution < -0.4 is 11.1 Å². The number of piperazine rings is 1. The van der Waals surface area contributed by atoms with Crippen molar-refractivity contribution in [2.75, 3.05) is 52.4 Å². The maximum absolute atomic E-state index is 10.7. The zero-order chi connectivity index (χ0) is 11.1. The molecule has 1 fully saturated rings. The second-order valence-electron chi connectivity index (χ2n) is 3.95. The Hall–Kier alpha value is -0.650. The first-order valence-electron chi connectivity index (χ1n) is 5.61. The highest BCUT2D eigenvalue weighted by molar-refractivity contribution is 5.72. The van der Waals surface area contributed by atoms with E-state index in [9.17, 15) is 4.79 Å². The van der Waals surface area contributed by atoms with Crippen molar-refractivity contribution in [2.45, 2.75) is 6.92 Å². The van der Waals surface area contributed by atoms with Crippen LogP contribution in [0.1, 0.15) is 6.92 Å². The highest BCUT2D eigenvalue weighted by atomic mass is 16.1. The molecule has 5 heteroatoms. The molecule has 88 valence electrons. The number of hydrogen-bond donors (Lipinski definition) is 2. The summed E-state index contributed by atoms with van der Waals surface area (Å²) in [6.07, 6.45) is 0. The topological polar surface area (TPSA) is 61.6 Å². The first kappa shape index (κ1) is 12.4. The first-order chi connectivity index (χ1) is 7.22. The minimum atomic E-state index is 0.0526. The number of rotatable bonds is 5. The normalized spacial score (nSPS) is 19.1. The average molecular weight is 214 g/mol. The number of carbonyl (C=O) groups excluding carboxylic acids is 1. The molecule has 1 saturated heterocycles. The van der Waals surface area contributed by atoms with Crippen LogP contribution in [0.4, 0.5) is 0 Å². The molecule has 0 bridgehead atoms. The molecule has 0 saturated carbocycles. The van der Waals surface area contributed by atoms with Gasteiger partial charge in [0.05, 0.1) is 0 Å². The standard InChI is InChI=1S/C10H22N4O/c1-10(15)12-3-5-14-8-6-13(4-2-11)7-9-14/h2-9,11H2,1H3,(H,12,15). The minimum absolute atomic E-state index is 0.0526. The Balaban J connectivity index is 2.06.